The molecule has 24 heavy (non-hydrogen) atoms. The quantitative estimate of drug-likeness (QED) is 0.798. The van der Waals surface area contributed by atoms with Gasteiger partial charge in [-0.15, -0.1) is 0 Å². The second-order valence-electron chi connectivity index (χ2n) is 5.63. The Morgan fingerprint density at radius 2 is 1.75 bits per heavy atom. The van der Waals surface area contributed by atoms with E-state index < -0.39 is 10.0 Å². The number of carbonyl (C=O) groups excluding carboxylic acids is 1. The molecular formula is C17H23N3O3S. The minimum absolute atomic E-state index is 0.0477. The molecule has 2 aromatic rings. The van der Waals surface area contributed by atoms with Crippen LogP contribution in [0.1, 0.15) is 34.2 Å². The fourth-order valence-corrected chi connectivity index (χ4v) is 2.78. The highest BCUT2D eigenvalue weighted by molar-refractivity contribution is 7.89. The molecule has 0 aliphatic carbocycles. The van der Waals surface area contributed by atoms with Gasteiger partial charge in [0.1, 0.15) is 0 Å². The van der Waals surface area contributed by atoms with Crippen LogP contribution in [0.3, 0.4) is 0 Å². The van der Waals surface area contributed by atoms with Crippen LogP contribution >= 0.6 is 0 Å². The van der Waals surface area contributed by atoms with Gasteiger partial charge in [0, 0.05) is 30.5 Å². The monoisotopic (exact) mass is 349 g/mol. The molecule has 7 heteroatoms. The van der Waals surface area contributed by atoms with Gasteiger partial charge < -0.3 is 9.88 Å². The number of nitrogens with one attached hydrogen (secondary N) is 2. The van der Waals surface area contributed by atoms with Crippen LogP contribution in [0.5, 0.6) is 0 Å². The normalized spacial score (nSPS) is 11.5. The van der Waals surface area contributed by atoms with Crippen molar-refractivity contribution < 1.29 is 13.2 Å². The summed E-state index contributed by atoms with van der Waals surface area (Å²) in [5.41, 5.74) is 3.52. The van der Waals surface area contributed by atoms with E-state index in [1.165, 1.54) is 0 Å². The third kappa shape index (κ3) is 4.69. The minimum Gasteiger partial charge on any atom is -0.350 e. The van der Waals surface area contributed by atoms with Crippen LogP contribution in [0.2, 0.25) is 0 Å². The Morgan fingerprint density at radius 3 is 2.29 bits per heavy atom. The maximum Gasteiger partial charge on any atom is 0.251 e. The second-order valence-corrected chi connectivity index (χ2v) is 7.72. The number of hydrogen-bond donors (Lipinski definition) is 2. The number of nitrogens with zero attached hydrogens (tertiary/aromatic N) is 1. The van der Waals surface area contributed by atoms with Crippen molar-refractivity contribution in [2.75, 3.05) is 5.75 Å². The zero-order valence-electron chi connectivity index (χ0n) is 14.2. The standard InChI is InChI=1S/C17H23N3O3S/c1-4-24(22,23)19-11-14-6-8-15(9-7-14)17(21)18-12-16-10-5-13(2)20(16)3/h5-10,19H,4,11-12H2,1-3H3,(H,18,21). The summed E-state index contributed by atoms with van der Waals surface area (Å²) >= 11 is 0. The van der Waals surface area contributed by atoms with Gasteiger partial charge in [0.25, 0.3) is 5.91 Å². The van der Waals surface area contributed by atoms with Crippen molar-refractivity contribution in [1.29, 1.82) is 0 Å². The van der Waals surface area contributed by atoms with Gasteiger partial charge in [-0.25, -0.2) is 13.1 Å². The third-order valence-corrected chi connectivity index (χ3v) is 5.34. The fraction of sp³-hybridized carbons (Fsp3) is 0.353. The predicted molar refractivity (Wildman–Crippen MR) is 94.1 cm³/mol. The Kier molecular flexibility index (Phi) is 5.80. The molecule has 0 saturated heterocycles. The van der Waals surface area contributed by atoms with Gasteiger partial charge >= 0.3 is 0 Å². The highest BCUT2D eigenvalue weighted by Gasteiger charge is 2.09. The average Bonchev–Trinajstić information content (AvgIpc) is 2.90. The van der Waals surface area contributed by atoms with Gasteiger partial charge in [0.05, 0.1) is 12.3 Å². The molecule has 2 N–H and O–H groups in total. The Hall–Kier alpha value is -2.12. The third-order valence-electron chi connectivity index (χ3n) is 4.00. The first-order chi connectivity index (χ1) is 11.3. The summed E-state index contributed by atoms with van der Waals surface area (Å²) in [4.78, 5) is 12.2. The van der Waals surface area contributed by atoms with Gasteiger partial charge in [-0.3, -0.25) is 4.79 Å². The lowest BCUT2D eigenvalue weighted by molar-refractivity contribution is 0.0950. The minimum atomic E-state index is -3.22. The van der Waals surface area contributed by atoms with E-state index in [1.54, 1.807) is 31.2 Å². The summed E-state index contributed by atoms with van der Waals surface area (Å²) in [7, 11) is -1.26. The molecule has 0 fully saturated rings. The molecule has 0 radical (unpaired) electrons. The maximum atomic E-state index is 12.2. The molecule has 0 saturated carbocycles. The number of rotatable bonds is 7. The topological polar surface area (TPSA) is 80.2 Å². The molecule has 0 bridgehead atoms. The molecule has 0 aliphatic heterocycles. The fourth-order valence-electron chi connectivity index (χ4n) is 2.19. The highest BCUT2D eigenvalue weighted by Crippen LogP contribution is 2.08. The summed E-state index contributed by atoms with van der Waals surface area (Å²) in [6.45, 7) is 4.28. The molecule has 0 atom stereocenters. The maximum absolute atomic E-state index is 12.2. The lowest BCUT2D eigenvalue weighted by Crippen LogP contribution is -2.25. The number of amides is 1. The zero-order valence-corrected chi connectivity index (χ0v) is 15.0. The van der Waals surface area contributed by atoms with Gasteiger partial charge in [-0.2, -0.15) is 0 Å². The van der Waals surface area contributed by atoms with Crippen molar-refractivity contribution in [2.45, 2.75) is 26.9 Å². The highest BCUT2D eigenvalue weighted by atomic mass is 32.2. The number of carbonyl (C=O) groups is 1. The van der Waals surface area contributed by atoms with Crippen LogP contribution in [-0.2, 0) is 30.2 Å². The summed E-state index contributed by atoms with van der Waals surface area (Å²) in [5, 5.41) is 2.88. The molecule has 2 rings (SSSR count). The SMILES string of the molecule is CCS(=O)(=O)NCc1ccc(C(=O)NCc2ccc(C)n2C)cc1. The van der Waals surface area contributed by atoms with Crippen molar-refractivity contribution >= 4 is 15.9 Å². The largest absolute Gasteiger partial charge is 0.350 e. The Balaban J connectivity index is 1.92. The summed E-state index contributed by atoms with van der Waals surface area (Å²) in [5.74, 6) is -0.110. The van der Waals surface area contributed by atoms with Crippen LogP contribution in [0.4, 0.5) is 0 Å². The molecule has 130 valence electrons. The molecule has 0 aliphatic rings. The summed E-state index contributed by atoms with van der Waals surface area (Å²) in [6.07, 6.45) is 0. The van der Waals surface area contributed by atoms with Crippen molar-refractivity contribution in [2.24, 2.45) is 7.05 Å². The summed E-state index contributed by atoms with van der Waals surface area (Å²) in [6, 6.07) is 10.9. The first-order valence-corrected chi connectivity index (χ1v) is 9.43. The van der Waals surface area contributed by atoms with Crippen LogP contribution in [0.25, 0.3) is 0 Å². The first kappa shape index (κ1) is 18.2. The molecular weight excluding hydrogens is 326 g/mol. The smallest absolute Gasteiger partial charge is 0.251 e. The number of benzene rings is 1. The van der Waals surface area contributed by atoms with E-state index in [2.05, 4.69) is 10.0 Å². The van der Waals surface area contributed by atoms with Gasteiger partial charge in [0.15, 0.2) is 0 Å². The molecule has 1 aromatic carbocycles. The summed E-state index contributed by atoms with van der Waals surface area (Å²) < 4.78 is 27.4. The van der Waals surface area contributed by atoms with Crippen LogP contribution in [0, 0.1) is 6.92 Å². The second kappa shape index (κ2) is 7.63. The van der Waals surface area contributed by atoms with Crippen molar-refractivity contribution in [3.8, 4) is 0 Å². The predicted octanol–water partition coefficient (Wildman–Crippen LogP) is 1.70. The van der Waals surface area contributed by atoms with Crippen LogP contribution < -0.4 is 10.0 Å². The van der Waals surface area contributed by atoms with E-state index in [4.69, 9.17) is 0 Å². The molecule has 1 amide bonds. The van der Waals surface area contributed by atoms with E-state index in [1.807, 2.05) is 30.7 Å². The van der Waals surface area contributed by atoms with Crippen LogP contribution in [0.15, 0.2) is 36.4 Å². The number of aryl methyl sites for hydroxylation is 1. The van der Waals surface area contributed by atoms with E-state index in [0.29, 0.717) is 12.1 Å². The van der Waals surface area contributed by atoms with Crippen molar-refractivity contribution in [3.63, 3.8) is 0 Å². The first-order valence-electron chi connectivity index (χ1n) is 7.78. The average molecular weight is 349 g/mol. The van der Waals surface area contributed by atoms with E-state index in [0.717, 1.165) is 17.0 Å². The molecule has 0 unspecified atom stereocenters. The number of hydrogen-bond acceptors (Lipinski definition) is 3. The molecule has 0 spiro atoms. The van der Waals surface area contributed by atoms with E-state index >= 15 is 0 Å². The lowest BCUT2D eigenvalue weighted by Gasteiger charge is -2.09. The van der Waals surface area contributed by atoms with E-state index in [-0.39, 0.29) is 18.2 Å². The Bertz CT molecular complexity index is 808. The van der Waals surface area contributed by atoms with Gasteiger partial charge in [0.2, 0.25) is 10.0 Å². The van der Waals surface area contributed by atoms with Crippen molar-refractivity contribution in [1.82, 2.24) is 14.6 Å². The van der Waals surface area contributed by atoms with Gasteiger partial charge in [-0.1, -0.05) is 12.1 Å². The van der Waals surface area contributed by atoms with Crippen molar-refractivity contribution in [3.05, 3.63) is 58.9 Å². The molecule has 1 aromatic heterocycles. The Morgan fingerprint density at radius 1 is 1.08 bits per heavy atom. The molecule has 6 nitrogen and oxygen atoms in total. The Labute approximate surface area is 142 Å². The lowest BCUT2D eigenvalue weighted by atomic mass is 10.1. The number of sulfonamides is 1. The molecule has 1 heterocycles. The van der Waals surface area contributed by atoms with Crippen LogP contribution in [-0.4, -0.2) is 24.6 Å². The number of aromatic nitrogens is 1. The van der Waals surface area contributed by atoms with E-state index in [9.17, 15) is 13.2 Å². The zero-order chi connectivity index (χ0) is 17.7. The van der Waals surface area contributed by atoms with Gasteiger partial charge in [-0.05, 0) is 43.7 Å².